The first-order chi connectivity index (χ1) is 16.6. The number of fused-ring (bicyclic) bond motifs is 1. The van der Waals surface area contributed by atoms with E-state index in [1.54, 1.807) is 29.3 Å². The molecule has 0 bridgehead atoms. The van der Waals surface area contributed by atoms with Crippen molar-refractivity contribution in [3.05, 3.63) is 81.8 Å². The summed E-state index contributed by atoms with van der Waals surface area (Å²) in [7, 11) is 0. The second-order valence-corrected chi connectivity index (χ2v) is 7.98. The molecule has 1 saturated carbocycles. The molecule has 1 fully saturated rings. The second-order valence-electron chi connectivity index (χ2n) is 7.98. The van der Waals surface area contributed by atoms with E-state index in [2.05, 4.69) is 40.3 Å². The van der Waals surface area contributed by atoms with E-state index in [0.29, 0.717) is 29.0 Å². The highest BCUT2D eigenvalue weighted by Gasteiger charge is 2.21. The average molecular weight is 456 g/mol. The minimum atomic E-state index is -0.502. The van der Waals surface area contributed by atoms with Gasteiger partial charge in [0.1, 0.15) is 5.69 Å². The van der Waals surface area contributed by atoms with E-state index in [1.807, 2.05) is 35.0 Å². The maximum Gasteiger partial charge on any atom is 0.326 e. The third-order valence-corrected chi connectivity index (χ3v) is 5.47. The highest BCUT2D eigenvalue weighted by atomic mass is 16.3. The minimum absolute atomic E-state index is 0.231. The van der Waals surface area contributed by atoms with Gasteiger partial charge in [0.15, 0.2) is 5.65 Å². The molecule has 1 aromatic carbocycles. The molecule has 0 atom stereocenters. The lowest BCUT2D eigenvalue weighted by Crippen LogP contribution is -2.25. The number of aromatic nitrogens is 8. The van der Waals surface area contributed by atoms with Crippen LogP contribution in [-0.2, 0) is 6.54 Å². The van der Waals surface area contributed by atoms with Gasteiger partial charge in [0.25, 0.3) is 5.62 Å². The molecule has 1 aliphatic rings. The first kappa shape index (κ1) is 19.9. The number of aromatic amines is 2. The summed E-state index contributed by atoms with van der Waals surface area (Å²) in [4.78, 5) is 34.4. The van der Waals surface area contributed by atoms with Crippen molar-refractivity contribution in [1.29, 1.82) is 0 Å². The Morgan fingerprint density at radius 1 is 1.24 bits per heavy atom. The number of imidazole rings is 2. The number of aromatic hydroxyl groups is 1. The van der Waals surface area contributed by atoms with E-state index >= 15 is 0 Å². The van der Waals surface area contributed by atoms with Gasteiger partial charge in [0, 0.05) is 24.2 Å². The number of hydrogen-bond donors (Lipinski definition) is 4. The van der Waals surface area contributed by atoms with Gasteiger partial charge in [-0.25, -0.2) is 14.8 Å². The highest BCUT2D eigenvalue weighted by molar-refractivity contribution is 5.57. The molecule has 0 unspecified atom stereocenters. The molecule has 4 heterocycles. The fraction of sp³-hybridized carbons (Fsp3) is 0.182. The molecule has 4 N–H and O–H groups in total. The standard InChI is InChI=1S/C22H20N10O2/c33-19-16(27-22(34)29-19)9-14-11-25-32-18(14)28-20(30-21(32)26-15-5-6-15)24-10-13-3-1-2-4-17(13)31-8-7-23-12-31/h1-4,7-9,11-12,15,33H,5-6,10H2,(H,24,26,30)(H2,27,29,34). The van der Waals surface area contributed by atoms with Crippen molar-refractivity contribution in [2.24, 2.45) is 4.99 Å². The number of H-pyrrole nitrogens is 2. The Labute approximate surface area is 191 Å². The maximum atomic E-state index is 11.5. The fourth-order valence-corrected chi connectivity index (χ4v) is 3.65. The zero-order valence-electron chi connectivity index (χ0n) is 17.9. The van der Waals surface area contributed by atoms with Crippen LogP contribution in [0.25, 0.3) is 17.4 Å². The molecule has 0 radical (unpaired) electrons. The molecule has 0 saturated heterocycles. The Hall–Kier alpha value is -4.74. The number of anilines is 1. The maximum absolute atomic E-state index is 11.5. The van der Waals surface area contributed by atoms with Crippen LogP contribution in [0.1, 0.15) is 24.1 Å². The fourth-order valence-electron chi connectivity index (χ4n) is 3.65. The predicted octanol–water partition coefficient (Wildman–Crippen LogP) is 0.255. The van der Waals surface area contributed by atoms with Crippen molar-refractivity contribution in [2.45, 2.75) is 25.4 Å². The van der Waals surface area contributed by atoms with Crippen molar-refractivity contribution >= 4 is 17.7 Å². The number of rotatable bonds is 6. The van der Waals surface area contributed by atoms with Gasteiger partial charge in [-0.1, -0.05) is 18.2 Å². The highest BCUT2D eigenvalue weighted by Crippen LogP contribution is 2.22. The van der Waals surface area contributed by atoms with Gasteiger partial charge < -0.3 is 20.0 Å². The summed E-state index contributed by atoms with van der Waals surface area (Å²) in [6.07, 6.45) is 10.6. The Kier molecular flexibility index (Phi) is 4.68. The summed E-state index contributed by atoms with van der Waals surface area (Å²) >= 11 is 0. The van der Waals surface area contributed by atoms with Gasteiger partial charge in [-0.3, -0.25) is 4.98 Å². The molecule has 0 amide bonds. The summed E-state index contributed by atoms with van der Waals surface area (Å²) < 4.78 is 3.51. The quantitative estimate of drug-likeness (QED) is 0.286. The van der Waals surface area contributed by atoms with Crippen LogP contribution in [0.15, 0.2) is 59.0 Å². The first-order valence-electron chi connectivity index (χ1n) is 10.8. The number of benzene rings is 1. The van der Waals surface area contributed by atoms with Gasteiger partial charge in [0.05, 0.1) is 24.3 Å². The van der Waals surface area contributed by atoms with E-state index in [9.17, 15) is 9.90 Å². The van der Waals surface area contributed by atoms with Gasteiger partial charge in [-0.15, -0.1) is 0 Å². The Morgan fingerprint density at radius 2 is 2.12 bits per heavy atom. The van der Waals surface area contributed by atoms with Crippen molar-refractivity contribution < 1.29 is 5.11 Å². The molecule has 5 aromatic rings. The molecule has 0 spiro atoms. The van der Waals surface area contributed by atoms with Gasteiger partial charge in [-0.2, -0.15) is 19.6 Å². The zero-order chi connectivity index (χ0) is 23.1. The Morgan fingerprint density at radius 3 is 2.88 bits per heavy atom. The first-order valence-corrected chi connectivity index (χ1v) is 10.8. The predicted molar refractivity (Wildman–Crippen MR) is 122 cm³/mol. The molecule has 34 heavy (non-hydrogen) atoms. The Bertz CT molecular complexity index is 1660. The molecular formula is C22H20N10O2. The lowest BCUT2D eigenvalue weighted by Gasteiger charge is -2.11. The zero-order valence-corrected chi connectivity index (χ0v) is 17.9. The molecule has 170 valence electrons. The SMILES string of the molecule is O=c1[nH]c(O)c(C=c2cnn3c(=NC4CC4)nc(NCc4ccccc4-n4ccnc4)nc23)[nH]1. The molecular weight excluding hydrogens is 436 g/mol. The van der Waals surface area contributed by atoms with Gasteiger partial charge in [-0.05, 0) is 30.5 Å². The van der Waals surface area contributed by atoms with Crippen molar-refractivity contribution in [2.75, 3.05) is 5.32 Å². The van der Waals surface area contributed by atoms with Crippen molar-refractivity contribution in [1.82, 2.24) is 39.1 Å². The summed E-state index contributed by atoms with van der Waals surface area (Å²) in [6.45, 7) is 0.479. The van der Waals surface area contributed by atoms with Crippen LogP contribution in [-0.4, -0.2) is 50.2 Å². The number of para-hydroxylation sites is 1. The summed E-state index contributed by atoms with van der Waals surface area (Å²) in [6, 6.07) is 8.23. The van der Waals surface area contributed by atoms with Crippen molar-refractivity contribution in [3.63, 3.8) is 0 Å². The van der Waals surface area contributed by atoms with Crippen LogP contribution < -0.4 is 21.8 Å². The van der Waals surface area contributed by atoms with Crippen LogP contribution in [0, 0.1) is 0 Å². The summed E-state index contributed by atoms with van der Waals surface area (Å²) in [5, 5.41) is 18.2. The lowest BCUT2D eigenvalue weighted by molar-refractivity contribution is 0.454. The topological polar surface area (TPSA) is 154 Å². The molecule has 6 rings (SSSR count). The number of hydrogen-bond acceptors (Lipinski definition) is 8. The third kappa shape index (κ3) is 3.81. The number of nitrogens with zero attached hydrogens (tertiary/aromatic N) is 7. The summed E-state index contributed by atoms with van der Waals surface area (Å²) in [5.74, 6) is 0.144. The molecule has 12 heteroatoms. The van der Waals surface area contributed by atoms with Gasteiger partial charge >= 0.3 is 5.69 Å². The van der Waals surface area contributed by atoms with Crippen molar-refractivity contribution in [3.8, 4) is 11.6 Å². The smallest absolute Gasteiger partial charge is 0.326 e. The van der Waals surface area contributed by atoms with E-state index < -0.39 is 5.69 Å². The average Bonchev–Trinajstić information content (AvgIpc) is 3.20. The Balaban J connectivity index is 1.41. The minimum Gasteiger partial charge on any atom is -0.493 e. The molecule has 12 nitrogen and oxygen atoms in total. The third-order valence-electron chi connectivity index (χ3n) is 5.47. The molecule has 1 aliphatic carbocycles. The molecule has 0 aliphatic heterocycles. The van der Waals surface area contributed by atoms with Gasteiger partial charge in [0.2, 0.25) is 11.8 Å². The van der Waals surface area contributed by atoms with E-state index in [1.165, 1.54) is 0 Å². The van der Waals surface area contributed by atoms with Crippen LogP contribution in [0.3, 0.4) is 0 Å². The second kappa shape index (κ2) is 7.99. The summed E-state index contributed by atoms with van der Waals surface area (Å²) in [5.41, 5.74) is 2.73. The largest absolute Gasteiger partial charge is 0.493 e. The lowest BCUT2D eigenvalue weighted by atomic mass is 10.1. The van der Waals surface area contributed by atoms with Crippen LogP contribution in [0.4, 0.5) is 5.95 Å². The number of nitrogens with one attached hydrogen (secondary N) is 3. The van der Waals surface area contributed by atoms with E-state index in [0.717, 1.165) is 24.1 Å². The van der Waals surface area contributed by atoms with E-state index in [4.69, 9.17) is 0 Å². The van der Waals surface area contributed by atoms with Crippen LogP contribution >= 0.6 is 0 Å². The van der Waals surface area contributed by atoms with Crippen LogP contribution in [0.5, 0.6) is 5.88 Å². The monoisotopic (exact) mass is 456 g/mol. The normalized spacial score (nSPS) is 14.8. The molecule has 4 aromatic heterocycles. The van der Waals surface area contributed by atoms with Crippen LogP contribution in [0.2, 0.25) is 0 Å². The van der Waals surface area contributed by atoms with E-state index in [-0.39, 0.29) is 17.6 Å².